The van der Waals surface area contributed by atoms with E-state index < -0.39 is 11.9 Å². The number of halogens is 1. The van der Waals surface area contributed by atoms with Crippen molar-refractivity contribution in [2.24, 2.45) is 5.92 Å². The van der Waals surface area contributed by atoms with Gasteiger partial charge >= 0.3 is 6.09 Å². The lowest BCUT2D eigenvalue weighted by Gasteiger charge is -2.29. The highest BCUT2D eigenvalue weighted by molar-refractivity contribution is 5.77. The van der Waals surface area contributed by atoms with Crippen molar-refractivity contribution in [1.29, 1.82) is 0 Å². The minimum Gasteiger partial charge on any atom is -0.464 e. The van der Waals surface area contributed by atoms with Crippen molar-refractivity contribution in [3.8, 4) is 11.3 Å². The molecule has 0 radical (unpaired) electrons. The van der Waals surface area contributed by atoms with Crippen LogP contribution in [0.3, 0.4) is 0 Å². The molecule has 0 aromatic carbocycles. The molecular formula is C18H23FN4O2. The molecule has 0 spiro atoms. The number of rotatable bonds is 4. The van der Waals surface area contributed by atoms with Crippen LogP contribution < -0.4 is 5.01 Å². The lowest BCUT2D eigenvalue weighted by Crippen LogP contribution is -2.44. The van der Waals surface area contributed by atoms with E-state index in [0.29, 0.717) is 29.5 Å². The number of imidazole rings is 1. The highest BCUT2D eigenvalue weighted by Crippen LogP contribution is 2.35. The summed E-state index contributed by atoms with van der Waals surface area (Å²) in [4.78, 5) is 20.4. The zero-order chi connectivity index (χ0) is 18.4. The second kappa shape index (κ2) is 6.13. The highest BCUT2D eigenvalue weighted by Gasteiger charge is 2.34. The average molecular weight is 346 g/mol. The number of aromatic nitrogens is 3. The molecule has 0 bridgehead atoms. The predicted octanol–water partition coefficient (Wildman–Crippen LogP) is 3.72. The Balaban J connectivity index is 2.19. The van der Waals surface area contributed by atoms with E-state index in [9.17, 15) is 14.3 Å². The number of pyridine rings is 1. The normalized spacial score (nSPS) is 14.6. The van der Waals surface area contributed by atoms with E-state index in [1.54, 1.807) is 17.8 Å². The van der Waals surface area contributed by atoms with Crippen LogP contribution >= 0.6 is 0 Å². The van der Waals surface area contributed by atoms with E-state index in [1.165, 1.54) is 11.1 Å². The Labute approximate surface area is 146 Å². The molecule has 0 aliphatic heterocycles. The van der Waals surface area contributed by atoms with Gasteiger partial charge in [0.1, 0.15) is 11.6 Å². The molecule has 1 fully saturated rings. The van der Waals surface area contributed by atoms with Crippen molar-refractivity contribution in [3.63, 3.8) is 0 Å². The number of amides is 1. The first-order valence-corrected chi connectivity index (χ1v) is 8.40. The fraction of sp³-hybridized carbons (Fsp3) is 0.500. The minimum atomic E-state index is -1.01. The second-order valence-electron chi connectivity index (χ2n) is 7.62. The average Bonchev–Trinajstić information content (AvgIpc) is 3.25. The maximum absolute atomic E-state index is 13.7. The van der Waals surface area contributed by atoms with E-state index >= 15 is 0 Å². The van der Waals surface area contributed by atoms with Gasteiger partial charge in [-0.1, -0.05) is 20.8 Å². The van der Waals surface area contributed by atoms with Gasteiger partial charge in [0.25, 0.3) is 0 Å². The van der Waals surface area contributed by atoms with Gasteiger partial charge in [-0.05, 0) is 31.7 Å². The number of carbonyl (C=O) groups is 1. The number of hydrogen-bond donors (Lipinski definition) is 1. The summed E-state index contributed by atoms with van der Waals surface area (Å²) in [5, 5.41) is 11.1. The van der Waals surface area contributed by atoms with Crippen molar-refractivity contribution < 1.29 is 14.3 Å². The minimum absolute atomic E-state index is 0.389. The van der Waals surface area contributed by atoms with Gasteiger partial charge in [-0.15, -0.1) is 0 Å². The van der Waals surface area contributed by atoms with Crippen LogP contribution in [0.25, 0.3) is 11.3 Å². The molecule has 1 N–H and O–H groups in total. The van der Waals surface area contributed by atoms with Crippen LogP contribution in [0.1, 0.15) is 45.1 Å². The Morgan fingerprint density at radius 3 is 2.60 bits per heavy atom. The molecule has 0 saturated heterocycles. The van der Waals surface area contributed by atoms with Crippen LogP contribution in [0.2, 0.25) is 0 Å². The van der Waals surface area contributed by atoms with E-state index in [2.05, 4.69) is 9.97 Å². The standard InChI is InChI=1S/C18H23FN4O2/c1-11-21-15(13-7-14(19)9-20-8-13)16(18(2,3)4)23(11)22(17(24)25)10-12-5-6-12/h7-9,12H,5-6,10H2,1-4H3,(H,24,25). The SMILES string of the molecule is Cc1nc(-c2cncc(F)c2)c(C(C)(C)C)n1N(CC1CC1)C(=O)O. The Kier molecular flexibility index (Phi) is 4.26. The first kappa shape index (κ1) is 17.4. The molecule has 134 valence electrons. The first-order valence-electron chi connectivity index (χ1n) is 8.40. The molecule has 2 aromatic rings. The van der Waals surface area contributed by atoms with E-state index in [4.69, 9.17) is 0 Å². The zero-order valence-electron chi connectivity index (χ0n) is 15.0. The fourth-order valence-electron chi connectivity index (χ4n) is 3.03. The Morgan fingerprint density at radius 1 is 1.40 bits per heavy atom. The predicted molar refractivity (Wildman–Crippen MR) is 92.7 cm³/mol. The third kappa shape index (κ3) is 3.50. The summed E-state index contributed by atoms with van der Waals surface area (Å²) in [7, 11) is 0. The van der Waals surface area contributed by atoms with E-state index in [1.807, 2.05) is 20.8 Å². The van der Waals surface area contributed by atoms with Gasteiger partial charge < -0.3 is 5.11 Å². The van der Waals surface area contributed by atoms with Crippen LogP contribution in [0, 0.1) is 18.7 Å². The number of carboxylic acid groups (broad SMARTS) is 1. The molecule has 1 aliphatic carbocycles. The summed E-state index contributed by atoms with van der Waals surface area (Å²) in [5.41, 5.74) is 1.46. The largest absolute Gasteiger partial charge is 0.464 e. The number of nitrogens with zero attached hydrogens (tertiary/aromatic N) is 4. The van der Waals surface area contributed by atoms with Crippen LogP contribution in [0.15, 0.2) is 18.5 Å². The number of hydrogen-bond acceptors (Lipinski definition) is 3. The first-order chi connectivity index (χ1) is 11.7. The smallest absolute Gasteiger partial charge is 0.426 e. The van der Waals surface area contributed by atoms with Crippen LogP contribution in [-0.2, 0) is 5.41 Å². The molecule has 1 saturated carbocycles. The molecule has 1 aliphatic rings. The summed E-state index contributed by atoms with van der Waals surface area (Å²) in [5.74, 6) is 0.509. The molecule has 2 heterocycles. The van der Waals surface area contributed by atoms with Crippen molar-refractivity contribution in [3.05, 3.63) is 35.8 Å². The van der Waals surface area contributed by atoms with Crippen molar-refractivity contribution in [1.82, 2.24) is 14.6 Å². The molecule has 0 unspecified atom stereocenters. The zero-order valence-corrected chi connectivity index (χ0v) is 15.0. The monoisotopic (exact) mass is 346 g/mol. The van der Waals surface area contributed by atoms with Crippen LogP contribution in [0.4, 0.5) is 9.18 Å². The molecule has 2 aromatic heterocycles. The summed E-state index contributed by atoms with van der Waals surface area (Å²) in [6.45, 7) is 8.19. The fourth-order valence-corrected chi connectivity index (χ4v) is 3.03. The summed E-state index contributed by atoms with van der Waals surface area (Å²) in [6.07, 6.45) is 3.77. The summed E-state index contributed by atoms with van der Waals surface area (Å²) < 4.78 is 15.3. The molecule has 0 atom stereocenters. The van der Waals surface area contributed by atoms with Gasteiger partial charge in [0.05, 0.1) is 17.6 Å². The van der Waals surface area contributed by atoms with Crippen molar-refractivity contribution in [2.75, 3.05) is 11.6 Å². The van der Waals surface area contributed by atoms with Gasteiger partial charge in [-0.2, -0.15) is 0 Å². The van der Waals surface area contributed by atoms with Gasteiger partial charge in [0.2, 0.25) is 0 Å². The van der Waals surface area contributed by atoms with Crippen LogP contribution in [-0.4, -0.2) is 32.4 Å². The topological polar surface area (TPSA) is 71.2 Å². The van der Waals surface area contributed by atoms with Crippen molar-refractivity contribution in [2.45, 2.75) is 46.0 Å². The maximum Gasteiger partial charge on any atom is 0.426 e. The highest BCUT2D eigenvalue weighted by atomic mass is 19.1. The summed E-state index contributed by atoms with van der Waals surface area (Å²) >= 11 is 0. The van der Waals surface area contributed by atoms with Crippen molar-refractivity contribution >= 4 is 6.09 Å². The Morgan fingerprint density at radius 2 is 2.08 bits per heavy atom. The molecule has 6 nitrogen and oxygen atoms in total. The van der Waals surface area contributed by atoms with Gasteiger partial charge in [-0.25, -0.2) is 23.9 Å². The molecule has 7 heteroatoms. The molecule has 3 rings (SSSR count). The Bertz CT molecular complexity index is 806. The third-order valence-corrected chi connectivity index (χ3v) is 4.30. The van der Waals surface area contributed by atoms with Gasteiger partial charge in [0.15, 0.2) is 0 Å². The molecule has 25 heavy (non-hydrogen) atoms. The third-order valence-electron chi connectivity index (χ3n) is 4.30. The Hall–Kier alpha value is -2.44. The van der Waals surface area contributed by atoms with E-state index in [0.717, 1.165) is 24.7 Å². The molecular weight excluding hydrogens is 323 g/mol. The lowest BCUT2D eigenvalue weighted by molar-refractivity contribution is 0.193. The van der Waals surface area contributed by atoms with Gasteiger partial charge in [-0.3, -0.25) is 4.98 Å². The molecule has 1 amide bonds. The van der Waals surface area contributed by atoms with Gasteiger partial charge in [0, 0.05) is 23.7 Å². The summed E-state index contributed by atoms with van der Waals surface area (Å²) in [6, 6.07) is 1.38. The lowest BCUT2D eigenvalue weighted by atomic mass is 9.89. The van der Waals surface area contributed by atoms with Crippen LogP contribution in [0.5, 0.6) is 0 Å². The second-order valence-corrected chi connectivity index (χ2v) is 7.62. The van der Waals surface area contributed by atoms with E-state index in [-0.39, 0.29) is 5.41 Å². The quantitative estimate of drug-likeness (QED) is 0.916. The number of aryl methyl sites for hydroxylation is 1. The maximum atomic E-state index is 13.7.